The molecule has 5 rings (SSSR count). The topological polar surface area (TPSA) is 88.2 Å². The molecule has 0 saturated carbocycles. The summed E-state index contributed by atoms with van der Waals surface area (Å²) in [6.45, 7) is 3.31. The van der Waals surface area contributed by atoms with Crippen molar-refractivity contribution in [2.24, 2.45) is 11.1 Å². The van der Waals surface area contributed by atoms with Gasteiger partial charge in [0.25, 0.3) is 0 Å². The van der Waals surface area contributed by atoms with E-state index in [1.807, 2.05) is 31.3 Å². The highest BCUT2D eigenvalue weighted by Crippen LogP contribution is 2.50. The molecule has 8 heteroatoms. The zero-order chi connectivity index (χ0) is 22.5. The number of halogens is 2. The SMILES string of the molecule is Cc1nc(N2CCC3(CC2)Cc2cccnc2[C@H]3N)c(CO)nc1-c1cccc(Cl)c1Cl. The number of anilines is 1. The summed E-state index contributed by atoms with van der Waals surface area (Å²) < 4.78 is 0. The Bertz CT molecular complexity index is 1180. The maximum atomic E-state index is 10.1. The Hall–Kier alpha value is -2.25. The number of aryl methyl sites for hydroxylation is 1. The van der Waals surface area contributed by atoms with Gasteiger partial charge in [-0.05, 0) is 49.3 Å². The van der Waals surface area contributed by atoms with Crippen molar-refractivity contribution in [1.82, 2.24) is 15.0 Å². The maximum absolute atomic E-state index is 10.1. The molecule has 3 N–H and O–H groups in total. The van der Waals surface area contributed by atoms with Gasteiger partial charge in [0.1, 0.15) is 5.69 Å². The Morgan fingerprint density at radius 1 is 1.16 bits per heavy atom. The number of nitrogens with two attached hydrogens (primary N) is 1. The predicted molar refractivity (Wildman–Crippen MR) is 127 cm³/mol. The summed E-state index contributed by atoms with van der Waals surface area (Å²) in [5.41, 5.74) is 11.6. The number of aliphatic hydroxyl groups excluding tert-OH is 1. The summed E-state index contributed by atoms with van der Waals surface area (Å²) in [5.74, 6) is 0.726. The molecule has 3 aromatic rings. The number of hydrogen-bond donors (Lipinski definition) is 2. The van der Waals surface area contributed by atoms with Crippen LogP contribution in [0.3, 0.4) is 0 Å². The number of rotatable bonds is 3. The minimum Gasteiger partial charge on any atom is -0.390 e. The second-order valence-corrected chi connectivity index (χ2v) is 9.52. The van der Waals surface area contributed by atoms with Crippen LogP contribution < -0.4 is 10.6 Å². The summed E-state index contributed by atoms with van der Waals surface area (Å²) in [6, 6.07) is 9.52. The Kier molecular flexibility index (Phi) is 5.58. The summed E-state index contributed by atoms with van der Waals surface area (Å²) >= 11 is 12.6. The fraction of sp³-hybridized carbons (Fsp3) is 0.375. The van der Waals surface area contributed by atoms with E-state index in [1.54, 1.807) is 6.07 Å². The molecule has 1 aliphatic heterocycles. The van der Waals surface area contributed by atoms with E-state index >= 15 is 0 Å². The number of hydrogen-bond acceptors (Lipinski definition) is 6. The molecule has 1 fully saturated rings. The lowest BCUT2D eigenvalue weighted by Crippen LogP contribution is -2.45. The highest BCUT2D eigenvalue weighted by molar-refractivity contribution is 6.43. The quantitative estimate of drug-likeness (QED) is 0.587. The average Bonchev–Trinajstić information content (AvgIpc) is 3.07. The second-order valence-electron chi connectivity index (χ2n) is 8.74. The molecule has 0 unspecified atom stereocenters. The molecule has 0 bridgehead atoms. The lowest BCUT2D eigenvalue weighted by Gasteiger charge is -2.42. The molecule has 6 nitrogen and oxygen atoms in total. The summed E-state index contributed by atoms with van der Waals surface area (Å²) in [6.07, 6.45) is 4.68. The lowest BCUT2D eigenvalue weighted by atomic mass is 9.73. The number of benzene rings is 1. The van der Waals surface area contributed by atoms with Gasteiger partial charge in [0.15, 0.2) is 5.82 Å². The van der Waals surface area contributed by atoms with Crippen molar-refractivity contribution in [1.29, 1.82) is 0 Å². The summed E-state index contributed by atoms with van der Waals surface area (Å²) in [4.78, 5) is 16.3. The van der Waals surface area contributed by atoms with Crippen LogP contribution in [0.25, 0.3) is 11.3 Å². The van der Waals surface area contributed by atoms with E-state index in [9.17, 15) is 5.11 Å². The van der Waals surface area contributed by atoms with Gasteiger partial charge in [0.2, 0.25) is 0 Å². The van der Waals surface area contributed by atoms with Gasteiger partial charge in [0, 0.05) is 24.8 Å². The first-order valence-electron chi connectivity index (χ1n) is 10.8. The van der Waals surface area contributed by atoms with Crippen molar-refractivity contribution >= 4 is 29.0 Å². The number of nitrogens with zero attached hydrogens (tertiary/aromatic N) is 4. The van der Waals surface area contributed by atoms with Crippen molar-refractivity contribution in [2.75, 3.05) is 18.0 Å². The van der Waals surface area contributed by atoms with Crippen LogP contribution in [-0.4, -0.2) is 33.1 Å². The highest BCUT2D eigenvalue weighted by atomic mass is 35.5. The predicted octanol–water partition coefficient (Wildman–Crippen LogP) is 4.49. The molecule has 166 valence electrons. The first-order chi connectivity index (χ1) is 15.4. The molecule has 0 amide bonds. The Morgan fingerprint density at radius 2 is 1.94 bits per heavy atom. The molecule has 2 aliphatic rings. The molecule has 1 aliphatic carbocycles. The van der Waals surface area contributed by atoms with Gasteiger partial charge in [-0.2, -0.15) is 0 Å². The van der Waals surface area contributed by atoms with Gasteiger partial charge in [-0.1, -0.05) is 41.4 Å². The zero-order valence-corrected chi connectivity index (χ0v) is 19.4. The van der Waals surface area contributed by atoms with Crippen molar-refractivity contribution in [2.45, 2.75) is 38.8 Å². The van der Waals surface area contributed by atoms with E-state index < -0.39 is 0 Å². The van der Waals surface area contributed by atoms with E-state index in [0.717, 1.165) is 49.6 Å². The van der Waals surface area contributed by atoms with Crippen LogP contribution >= 0.6 is 23.2 Å². The van der Waals surface area contributed by atoms with Crippen molar-refractivity contribution in [3.05, 3.63) is 69.2 Å². The first kappa shape index (κ1) is 21.6. The third-order valence-electron chi connectivity index (χ3n) is 6.96. The van der Waals surface area contributed by atoms with Gasteiger partial charge in [-0.15, -0.1) is 0 Å². The van der Waals surface area contributed by atoms with Crippen LogP contribution in [0.1, 0.15) is 41.5 Å². The van der Waals surface area contributed by atoms with Gasteiger partial charge in [0.05, 0.1) is 39.8 Å². The Morgan fingerprint density at radius 3 is 2.66 bits per heavy atom. The molecule has 1 spiro atoms. The summed E-state index contributed by atoms with van der Waals surface area (Å²) in [7, 11) is 0. The van der Waals surface area contributed by atoms with Crippen molar-refractivity contribution in [3.63, 3.8) is 0 Å². The molecule has 32 heavy (non-hydrogen) atoms. The minimum absolute atomic E-state index is 0.0310. The Balaban J connectivity index is 1.42. The van der Waals surface area contributed by atoms with E-state index in [-0.39, 0.29) is 18.1 Å². The maximum Gasteiger partial charge on any atom is 0.153 e. The van der Waals surface area contributed by atoms with Crippen LogP contribution in [0.5, 0.6) is 0 Å². The normalized spacial score (nSPS) is 19.4. The molecular weight excluding hydrogens is 445 g/mol. The van der Waals surface area contributed by atoms with E-state index in [1.165, 1.54) is 5.56 Å². The van der Waals surface area contributed by atoms with Crippen LogP contribution in [0, 0.1) is 12.3 Å². The molecule has 2 aromatic heterocycles. The highest BCUT2D eigenvalue weighted by Gasteiger charge is 2.47. The fourth-order valence-electron chi connectivity index (χ4n) is 5.15. The van der Waals surface area contributed by atoms with Crippen molar-refractivity contribution < 1.29 is 5.11 Å². The van der Waals surface area contributed by atoms with E-state index in [4.69, 9.17) is 38.9 Å². The van der Waals surface area contributed by atoms with Crippen LogP contribution in [0.2, 0.25) is 10.0 Å². The average molecular weight is 470 g/mol. The van der Waals surface area contributed by atoms with Gasteiger partial charge >= 0.3 is 0 Å². The Labute approximate surface area is 197 Å². The monoisotopic (exact) mass is 469 g/mol. The number of aromatic nitrogens is 3. The number of piperidine rings is 1. The molecule has 1 aromatic carbocycles. The summed E-state index contributed by atoms with van der Waals surface area (Å²) in [5, 5.41) is 11.0. The zero-order valence-electron chi connectivity index (χ0n) is 17.9. The third-order valence-corrected chi connectivity index (χ3v) is 7.78. The third kappa shape index (κ3) is 3.46. The minimum atomic E-state index is -0.204. The largest absolute Gasteiger partial charge is 0.390 e. The van der Waals surface area contributed by atoms with Crippen LogP contribution in [0.4, 0.5) is 5.82 Å². The van der Waals surface area contributed by atoms with E-state index in [0.29, 0.717) is 27.0 Å². The second kappa shape index (κ2) is 8.27. The van der Waals surface area contributed by atoms with Gasteiger partial charge in [-0.3, -0.25) is 4.98 Å². The standard InChI is InChI=1S/C24H25Cl2N5O/c1-14-20(16-5-2-6-17(25)19(16)26)30-18(13-32)23(29-14)31-10-7-24(8-11-31)12-15-4-3-9-28-21(15)22(24)27/h2-6,9,22,32H,7-8,10-13,27H2,1H3/t22-/m1/s1. The molecular formula is C24H25Cl2N5O. The number of pyridine rings is 1. The fourth-order valence-corrected chi connectivity index (χ4v) is 5.54. The number of fused-ring (bicyclic) bond motifs is 1. The van der Waals surface area contributed by atoms with Crippen LogP contribution in [-0.2, 0) is 13.0 Å². The molecule has 0 radical (unpaired) electrons. The lowest BCUT2D eigenvalue weighted by molar-refractivity contribution is 0.185. The van der Waals surface area contributed by atoms with Gasteiger partial charge in [-0.25, -0.2) is 9.97 Å². The smallest absolute Gasteiger partial charge is 0.153 e. The molecule has 1 saturated heterocycles. The first-order valence-corrected chi connectivity index (χ1v) is 11.6. The van der Waals surface area contributed by atoms with Gasteiger partial charge < -0.3 is 15.7 Å². The number of aliphatic hydroxyl groups is 1. The molecule has 1 atom stereocenters. The van der Waals surface area contributed by atoms with Crippen molar-refractivity contribution in [3.8, 4) is 11.3 Å². The van der Waals surface area contributed by atoms with E-state index in [2.05, 4.69) is 16.0 Å². The van der Waals surface area contributed by atoms with Crippen LogP contribution in [0.15, 0.2) is 36.5 Å². The molecule has 3 heterocycles.